The summed E-state index contributed by atoms with van der Waals surface area (Å²) < 4.78 is 10.2. The van der Waals surface area contributed by atoms with Crippen LogP contribution in [0.25, 0.3) is 0 Å². The second-order valence-electron chi connectivity index (χ2n) is 2.44. The fourth-order valence-corrected chi connectivity index (χ4v) is 1.04. The van der Waals surface area contributed by atoms with E-state index in [0.29, 0.717) is 0 Å². The van der Waals surface area contributed by atoms with Gasteiger partial charge in [-0.2, -0.15) is 0 Å². The summed E-state index contributed by atoms with van der Waals surface area (Å²) >= 11 is 0. The number of ether oxygens (including phenoxy) is 2. The van der Waals surface area contributed by atoms with E-state index in [2.05, 4.69) is 6.92 Å². The van der Waals surface area contributed by atoms with Gasteiger partial charge in [-0.25, -0.2) is 0 Å². The highest BCUT2D eigenvalue weighted by Gasteiger charge is 2.02. The average Bonchev–Trinajstić information content (AvgIpc) is 2.16. The van der Waals surface area contributed by atoms with Gasteiger partial charge in [-0.3, -0.25) is 0 Å². The molecule has 2 heteroatoms. The molecule has 1 rings (SSSR count). The highest BCUT2D eigenvalue weighted by molar-refractivity contribution is 5.42. The predicted octanol–water partition coefficient (Wildman–Crippen LogP) is 2.08. The van der Waals surface area contributed by atoms with E-state index in [1.165, 1.54) is 0 Å². The molecule has 0 spiro atoms. The van der Waals surface area contributed by atoms with Crippen molar-refractivity contribution in [3.63, 3.8) is 0 Å². The van der Waals surface area contributed by atoms with Crippen LogP contribution in [-0.4, -0.2) is 14.2 Å². The molecule has 2 nitrogen and oxygen atoms in total. The molecule has 0 aliphatic heterocycles. The van der Waals surface area contributed by atoms with Crippen LogP contribution in [0.15, 0.2) is 18.2 Å². The molecular weight excluding hydrogens is 152 g/mol. The number of hydrogen-bond donors (Lipinski definition) is 0. The molecule has 0 aromatic heterocycles. The Labute approximate surface area is 73.1 Å². The van der Waals surface area contributed by atoms with Crippen LogP contribution in [0, 0.1) is 6.92 Å². The number of methoxy groups -OCH3 is 2. The Morgan fingerprint density at radius 1 is 1.17 bits per heavy atom. The van der Waals surface area contributed by atoms with Gasteiger partial charge in [0.2, 0.25) is 0 Å². The fraction of sp³-hybridized carbons (Fsp3) is 0.300. The van der Waals surface area contributed by atoms with Crippen molar-refractivity contribution in [2.75, 3.05) is 14.2 Å². The van der Waals surface area contributed by atoms with E-state index in [4.69, 9.17) is 9.47 Å². The number of rotatable bonds is 3. The molecule has 1 aromatic rings. The molecule has 0 aliphatic carbocycles. The first-order valence-electron chi connectivity index (χ1n) is 3.82. The third-order valence-corrected chi connectivity index (χ3v) is 1.74. The predicted molar refractivity (Wildman–Crippen MR) is 48.6 cm³/mol. The molecule has 0 N–H and O–H groups in total. The van der Waals surface area contributed by atoms with Gasteiger partial charge in [0.1, 0.15) is 0 Å². The fourth-order valence-electron chi connectivity index (χ4n) is 1.04. The lowest BCUT2D eigenvalue weighted by Gasteiger charge is -2.07. The molecule has 1 radical (unpaired) electrons. The zero-order chi connectivity index (χ0) is 8.97. The molecule has 0 saturated carbocycles. The molecule has 0 fully saturated rings. The quantitative estimate of drug-likeness (QED) is 0.682. The molecule has 0 saturated heterocycles. The van der Waals surface area contributed by atoms with Gasteiger partial charge < -0.3 is 9.47 Å². The second kappa shape index (κ2) is 4.00. The van der Waals surface area contributed by atoms with Crippen LogP contribution in [-0.2, 0) is 6.42 Å². The van der Waals surface area contributed by atoms with Crippen LogP contribution in [0.3, 0.4) is 0 Å². The van der Waals surface area contributed by atoms with Crippen molar-refractivity contribution in [2.24, 2.45) is 0 Å². The summed E-state index contributed by atoms with van der Waals surface area (Å²) in [6.45, 7) is 3.79. The zero-order valence-electron chi connectivity index (χ0n) is 7.46. The van der Waals surface area contributed by atoms with Crippen molar-refractivity contribution < 1.29 is 9.47 Å². The Kier molecular flexibility index (Phi) is 2.97. The maximum Gasteiger partial charge on any atom is 0.160 e. The van der Waals surface area contributed by atoms with E-state index < -0.39 is 0 Å². The van der Waals surface area contributed by atoms with Gasteiger partial charge in [-0.15, -0.1) is 0 Å². The summed E-state index contributed by atoms with van der Waals surface area (Å²) in [6, 6.07) is 5.81. The van der Waals surface area contributed by atoms with E-state index in [1.54, 1.807) is 14.2 Å². The van der Waals surface area contributed by atoms with Gasteiger partial charge in [-0.1, -0.05) is 6.07 Å². The summed E-state index contributed by atoms with van der Waals surface area (Å²) in [7, 11) is 3.26. The minimum Gasteiger partial charge on any atom is -0.493 e. The summed E-state index contributed by atoms with van der Waals surface area (Å²) in [6.07, 6.45) is 0.764. The third-order valence-electron chi connectivity index (χ3n) is 1.74. The lowest BCUT2D eigenvalue weighted by molar-refractivity contribution is 0.354. The highest BCUT2D eigenvalue weighted by atomic mass is 16.5. The highest BCUT2D eigenvalue weighted by Crippen LogP contribution is 2.27. The summed E-state index contributed by atoms with van der Waals surface area (Å²) in [4.78, 5) is 0. The molecule has 0 aliphatic rings. The van der Waals surface area contributed by atoms with E-state index >= 15 is 0 Å². The van der Waals surface area contributed by atoms with Crippen LogP contribution in [0.2, 0.25) is 0 Å². The molecule has 0 heterocycles. The van der Waals surface area contributed by atoms with E-state index in [1.807, 2.05) is 18.2 Å². The minimum absolute atomic E-state index is 0.759. The van der Waals surface area contributed by atoms with E-state index in [-0.39, 0.29) is 0 Å². The van der Waals surface area contributed by atoms with Crippen molar-refractivity contribution >= 4 is 0 Å². The van der Waals surface area contributed by atoms with Gasteiger partial charge in [0.05, 0.1) is 14.2 Å². The van der Waals surface area contributed by atoms with Crippen molar-refractivity contribution in [3.05, 3.63) is 30.7 Å². The van der Waals surface area contributed by atoms with E-state index in [9.17, 15) is 0 Å². The Bertz CT molecular complexity index is 256. The minimum atomic E-state index is 0.759. The lowest BCUT2D eigenvalue weighted by atomic mass is 10.1. The first kappa shape index (κ1) is 8.91. The number of benzene rings is 1. The third kappa shape index (κ3) is 1.70. The van der Waals surface area contributed by atoms with Crippen LogP contribution >= 0.6 is 0 Å². The molecule has 1 aromatic carbocycles. The monoisotopic (exact) mass is 165 g/mol. The zero-order valence-corrected chi connectivity index (χ0v) is 7.46. The van der Waals surface area contributed by atoms with Crippen LogP contribution < -0.4 is 9.47 Å². The van der Waals surface area contributed by atoms with Crippen molar-refractivity contribution in [3.8, 4) is 11.5 Å². The van der Waals surface area contributed by atoms with Crippen LogP contribution in [0.4, 0.5) is 0 Å². The van der Waals surface area contributed by atoms with Crippen LogP contribution in [0.1, 0.15) is 5.56 Å². The average molecular weight is 165 g/mol. The SMILES string of the molecule is [CH2]Cc1ccc(OC)c(OC)c1. The Balaban J connectivity index is 3.02. The first-order valence-corrected chi connectivity index (χ1v) is 3.82. The Morgan fingerprint density at radius 2 is 1.83 bits per heavy atom. The van der Waals surface area contributed by atoms with Crippen molar-refractivity contribution in [1.29, 1.82) is 0 Å². The molecule has 0 bridgehead atoms. The Hall–Kier alpha value is -1.18. The molecule has 0 unspecified atom stereocenters. The van der Waals surface area contributed by atoms with Crippen molar-refractivity contribution in [2.45, 2.75) is 6.42 Å². The smallest absolute Gasteiger partial charge is 0.160 e. The van der Waals surface area contributed by atoms with Gasteiger partial charge in [-0.05, 0) is 31.0 Å². The maximum absolute atomic E-state index is 5.13. The number of hydrogen-bond acceptors (Lipinski definition) is 2. The summed E-state index contributed by atoms with van der Waals surface area (Å²) in [5.41, 5.74) is 1.15. The van der Waals surface area contributed by atoms with Gasteiger partial charge in [0.15, 0.2) is 11.5 Å². The summed E-state index contributed by atoms with van der Waals surface area (Å²) in [5, 5.41) is 0. The maximum atomic E-state index is 5.13. The Morgan fingerprint density at radius 3 is 2.33 bits per heavy atom. The van der Waals surface area contributed by atoms with Crippen LogP contribution in [0.5, 0.6) is 11.5 Å². The van der Waals surface area contributed by atoms with Gasteiger partial charge in [0, 0.05) is 0 Å². The normalized spacial score (nSPS) is 9.58. The molecular formula is C10H13O2. The standard InChI is InChI=1S/C10H13O2/c1-4-8-5-6-9(11-2)10(7-8)12-3/h5-7H,1,4H2,2-3H3. The van der Waals surface area contributed by atoms with Crippen molar-refractivity contribution in [1.82, 2.24) is 0 Å². The molecule has 0 amide bonds. The molecule has 0 atom stereocenters. The lowest BCUT2D eigenvalue weighted by Crippen LogP contribution is -1.91. The van der Waals surface area contributed by atoms with Gasteiger partial charge >= 0.3 is 0 Å². The van der Waals surface area contributed by atoms with Gasteiger partial charge in [0.25, 0.3) is 0 Å². The second-order valence-corrected chi connectivity index (χ2v) is 2.44. The molecule has 65 valence electrons. The summed E-state index contributed by atoms with van der Waals surface area (Å²) in [5.74, 6) is 1.52. The largest absolute Gasteiger partial charge is 0.493 e. The topological polar surface area (TPSA) is 18.5 Å². The van der Waals surface area contributed by atoms with E-state index in [0.717, 1.165) is 23.5 Å². The molecule has 12 heavy (non-hydrogen) atoms. The first-order chi connectivity index (χ1) is 5.81.